The predicted octanol–water partition coefficient (Wildman–Crippen LogP) is 6.31. The van der Waals surface area contributed by atoms with Gasteiger partial charge in [0.1, 0.15) is 0 Å². The molecule has 0 unspecified atom stereocenters. The molecule has 0 saturated heterocycles. The fourth-order valence-corrected chi connectivity index (χ4v) is 4.90. The molecule has 1 N–H and O–H groups in total. The largest absolute Gasteiger partial charge is 0.325 e. The van der Waals surface area contributed by atoms with Gasteiger partial charge in [-0.3, -0.25) is 14.3 Å². The van der Waals surface area contributed by atoms with Crippen LogP contribution in [0.5, 0.6) is 0 Å². The highest BCUT2D eigenvalue weighted by molar-refractivity contribution is 7.99. The number of benzene rings is 2. The van der Waals surface area contributed by atoms with Crippen molar-refractivity contribution in [3.8, 4) is 17.1 Å². The highest BCUT2D eigenvalue weighted by Gasteiger charge is 2.20. The number of pyridine rings is 1. The van der Waals surface area contributed by atoms with E-state index in [-0.39, 0.29) is 11.7 Å². The molecule has 0 atom stereocenters. The molecule has 4 aromatic rings. The average molecular weight is 486 g/mol. The summed E-state index contributed by atoms with van der Waals surface area (Å²) in [4.78, 5) is 17.3. The molecule has 0 aliphatic rings. The summed E-state index contributed by atoms with van der Waals surface area (Å²) in [5.41, 5.74) is 6.31. The van der Waals surface area contributed by atoms with E-state index in [4.69, 9.17) is 0 Å². The van der Waals surface area contributed by atoms with Crippen molar-refractivity contribution in [1.82, 2.24) is 19.7 Å². The maximum atomic E-state index is 13.0. The third-order valence-electron chi connectivity index (χ3n) is 5.95. The Morgan fingerprint density at radius 3 is 2.37 bits per heavy atom. The van der Waals surface area contributed by atoms with Crippen molar-refractivity contribution in [3.05, 3.63) is 83.7 Å². The van der Waals surface area contributed by atoms with Crippen LogP contribution in [0.2, 0.25) is 0 Å². The number of nitrogens with one attached hydrogen (secondary N) is 1. The number of aromatic nitrogens is 4. The first-order valence-electron chi connectivity index (χ1n) is 12.0. The normalized spacial score (nSPS) is 11.1. The fraction of sp³-hybridized carbons (Fsp3) is 0.286. The van der Waals surface area contributed by atoms with E-state index in [1.807, 2.05) is 28.8 Å². The van der Waals surface area contributed by atoms with Gasteiger partial charge in [-0.15, -0.1) is 10.2 Å². The highest BCUT2D eigenvalue weighted by Crippen LogP contribution is 2.32. The molecule has 0 fully saturated rings. The van der Waals surface area contributed by atoms with Crippen molar-refractivity contribution in [3.63, 3.8) is 0 Å². The molecule has 4 rings (SSSR count). The Balaban J connectivity index is 1.66. The lowest BCUT2D eigenvalue weighted by molar-refractivity contribution is -0.113. The number of aryl methyl sites for hydroxylation is 2. The van der Waals surface area contributed by atoms with E-state index in [0.29, 0.717) is 16.9 Å². The lowest BCUT2D eigenvalue weighted by Gasteiger charge is -2.17. The molecular weight excluding hydrogens is 454 g/mol. The van der Waals surface area contributed by atoms with Gasteiger partial charge in [0.25, 0.3) is 0 Å². The Labute approximate surface area is 211 Å². The molecule has 0 radical (unpaired) electrons. The first-order chi connectivity index (χ1) is 17.0. The molecule has 0 saturated carbocycles. The number of rotatable bonds is 9. The number of thioether (sulfide) groups is 1. The van der Waals surface area contributed by atoms with E-state index in [0.717, 1.165) is 40.9 Å². The number of amides is 1. The molecule has 35 heavy (non-hydrogen) atoms. The third-order valence-corrected chi connectivity index (χ3v) is 6.88. The van der Waals surface area contributed by atoms with Crippen molar-refractivity contribution in [2.24, 2.45) is 0 Å². The average Bonchev–Trinajstić information content (AvgIpc) is 3.32. The Kier molecular flexibility index (Phi) is 7.98. The molecule has 0 aliphatic carbocycles. The molecule has 1 amide bonds. The quantitative estimate of drug-likeness (QED) is 0.281. The van der Waals surface area contributed by atoms with E-state index in [1.54, 1.807) is 12.4 Å². The molecule has 7 heteroatoms. The van der Waals surface area contributed by atoms with Crippen LogP contribution in [-0.4, -0.2) is 31.4 Å². The molecule has 6 nitrogen and oxygen atoms in total. The zero-order valence-corrected chi connectivity index (χ0v) is 21.5. The van der Waals surface area contributed by atoms with E-state index in [2.05, 4.69) is 78.5 Å². The van der Waals surface area contributed by atoms with E-state index >= 15 is 0 Å². The molecule has 180 valence electrons. The van der Waals surface area contributed by atoms with E-state index in [1.165, 1.54) is 17.3 Å². The second-order valence-electron chi connectivity index (χ2n) is 8.59. The van der Waals surface area contributed by atoms with Crippen LogP contribution in [0.4, 0.5) is 5.69 Å². The maximum absolute atomic E-state index is 13.0. The Morgan fingerprint density at radius 2 is 1.71 bits per heavy atom. The van der Waals surface area contributed by atoms with Gasteiger partial charge in [-0.1, -0.05) is 75.9 Å². The van der Waals surface area contributed by atoms with Gasteiger partial charge in [-0.25, -0.2) is 0 Å². The molecule has 0 bridgehead atoms. The van der Waals surface area contributed by atoms with Gasteiger partial charge in [0, 0.05) is 23.6 Å². The van der Waals surface area contributed by atoms with E-state index < -0.39 is 0 Å². The summed E-state index contributed by atoms with van der Waals surface area (Å²) in [6.45, 7) is 8.55. The first kappa shape index (κ1) is 24.7. The number of anilines is 1. The van der Waals surface area contributed by atoms with Crippen LogP contribution in [-0.2, 0) is 17.6 Å². The minimum atomic E-state index is -0.0553. The number of carbonyl (C=O) groups is 1. The number of carbonyl (C=O) groups excluding carboxylic acids is 1. The van der Waals surface area contributed by atoms with Crippen LogP contribution in [0.15, 0.2) is 72.1 Å². The molecule has 0 spiro atoms. The van der Waals surface area contributed by atoms with Crippen LogP contribution < -0.4 is 5.32 Å². The number of hydrogen-bond donors (Lipinski definition) is 1. The summed E-state index contributed by atoms with van der Waals surface area (Å²) >= 11 is 1.39. The molecule has 2 aromatic heterocycles. The second-order valence-corrected chi connectivity index (χ2v) is 9.53. The van der Waals surface area contributed by atoms with Gasteiger partial charge in [-0.2, -0.15) is 0 Å². The molecular formula is C28H31N5OS. The Bertz CT molecular complexity index is 1280. The van der Waals surface area contributed by atoms with Gasteiger partial charge >= 0.3 is 0 Å². The number of para-hydroxylation sites is 2. The predicted molar refractivity (Wildman–Crippen MR) is 143 cm³/mol. The van der Waals surface area contributed by atoms with Crippen molar-refractivity contribution >= 4 is 23.4 Å². The standard InChI is InChI=1S/C28H31N5OS/c1-5-20-11-9-12-21(6-2)26(20)30-25(34)18-35-28-32-31-27(22-13-10-16-29-17-22)33(28)24-15-8-7-14-23(24)19(3)4/h7-17,19H,5-6,18H2,1-4H3,(H,30,34). The zero-order valence-electron chi connectivity index (χ0n) is 20.7. The Morgan fingerprint density at radius 1 is 0.971 bits per heavy atom. The third kappa shape index (κ3) is 5.46. The lowest BCUT2D eigenvalue weighted by atomic mass is 10.0. The highest BCUT2D eigenvalue weighted by atomic mass is 32.2. The number of nitrogens with zero attached hydrogens (tertiary/aromatic N) is 4. The summed E-state index contributed by atoms with van der Waals surface area (Å²) in [6.07, 6.45) is 5.26. The molecule has 2 aromatic carbocycles. The van der Waals surface area contributed by atoms with Crippen molar-refractivity contribution in [1.29, 1.82) is 0 Å². The first-order valence-corrected chi connectivity index (χ1v) is 13.0. The van der Waals surface area contributed by atoms with E-state index in [9.17, 15) is 4.79 Å². The van der Waals surface area contributed by atoms with Crippen molar-refractivity contribution in [2.45, 2.75) is 51.6 Å². The maximum Gasteiger partial charge on any atom is 0.234 e. The fourth-order valence-electron chi connectivity index (χ4n) is 4.15. The van der Waals surface area contributed by atoms with Crippen LogP contribution in [0.1, 0.15) is 50.3 Å². The summed E-state index contributed by atoms with van der Waals surface area (Å²) < 4.78 is 2.04. The van der Waals surface area contributed by atoms with Gasteiger partial charge in [0.05, 0.1) is 11.4 Å². The topological polar surface area (TPSA) is 72.7 Å². The minimum Gasteiger partial charge on any atom is -0.325 e. The monoisotopic (exact) mass is 485 g/mol. The summed E-state index contributed by atoms with van der Waals surface area (Å²) in [6, 6.07) is 18.3. The summed E-state index contributed by atoms with van der Waals surface area (Å²) in [5.74, 6) is 1.20. The Hall–Kier alpha value is -3.45. The van der Waals surface area contributed by atoms with Gasteiger partial charge < -0.3 is 5.32 Å². The summed E-state index contributed by atoms with van der Waals surface area (Å²) in [7, 11) is 0. The molecule has 2 heterocycles. The van der Waals surface area contributed by atoms with Crippen LogP contribution in [0.25, 0.3) is 17.1 Å². The van der Waals surface area contributed by atoms with Gasteiger partial charge in [0.15, 0.2) is 11.0 Å². The SMILES string of the molecule is CCc1cccc(CC)c1NC(=O)CSc1nnc(-c2cccnc2)n1-c1ccccc1C(C)C. The summed E-state index contributed by atoms with van der Waals surface area (Å²) in [5, 5.41) is 12.8. The number of hydrogen-bond acceptors (Lipinski definition) is 5. The molecule has 0 aliphatic heterocycles. The van der Waals surface area contributed by atoms with Crippen LogP contribution in [0.3, 0.4) is 0 Å². The van der Waals surface area contributed by atoms with Gasteiger partial charge in [0.2, 0.25) is 5.91 Å². The van der Waals surface area contributed by atoms with Gasteiger partial charge in [-0.05, 0) is 53.6 Å². The van der Waals surface area contributed by atoms with Crippen LogP contribution >= 0.6 is 11.8 Å². The zero-order chi connectivity index (χ0) is 24.8. The lowest BCUT2D eigenvalue weighted by Crippen LogP contribution is -2.17. The van der Waals surface area contributed by atoms with Crippen LogP contribution in [0, 0.1) is 0 Å². The minimum absolute atomic E-state index is 0.0553. The van der Waals surface area contributed by atoms with Crippen molar-refractivity contribution < 1.29 is 4.79 Å². The smallest absolute Gasteiger partial charge is 0.234 e. The second kappa shape index (κ2) is 11.3. The van der Waals surface area contributed by atoms with Crippen molar-refractivity contribution in [2.75, 3.05) is 11.1 Å².